The Kier molecular flexibility index (Phi) is 4.16. The molecule has 1 unspecified atom stereocenters. The molecule has 1 aliphatic rings. The zero-order chi connectivity index (χ0) is 13.8. The van der Waals surface area contributed by atoms with Gasteiger partial charge in [0, 0.05) is 18.2 Å². The van der Waals surface area contributed by atoms with Crippen molar-refractivity contribution in [3.8, 4) is 0 Å². The number of nitrogens with one attached hydrogen (secondary N) is 1. The maximum Gasteiger partial charge on any atom is 0.225 e. The van der Waals surface area contributed by atoms with Crippen LogP contribution < -0.4 is 16.8 Å². The first kappa shape index (κ1) is 13.5. The highest BCUT2D eigenvalue weighted by atomic mass is 16.2. The maximum absolute atomic E-state index is 11.9. The Morgan fingerprint density at radius 2 is 2.00 bits per heavy atom. The molecule has 5 N–H and O–H groups in total. The van der Waals surface area contributed by atoms with Crippen LogP contribution in [0.4, 0.5) is 5.69 Å². The van der Waals surface area contributed by atoms with Gasteiger partial charge in [-0.05, 0) is 30.4 Å². The van der Waals surface area contributed by atoms with Crippen LogP contribution in [0.1, 0.15) is 24.8 Å². The first-order chi connectivity index (χ1) is 9.06. The number of primary amides is 1. The summed E-state index contributed by atoms with van der Waals surface area (Å²) in [5, 5.41) is 2.80. The van der Waals surface area contributed by atoms with E-state index in [9.17, 15) is 9.59 Å². The fraction of sp³-hybridized carbons (Fsp3) is 0.429. The highest BCUT2D eigenvalue weighted by Crippen LogP contribution is 2.32. The minimum Gasteiger partial charge on any atom is -0.369 e. The van der Waals surface area contributed by atoms with Gasteiger partial charge in [-0.3, -0.25) is 9.59 Å². The van der Waals surface area contributed by atoms with Gasteiger partial charge in [0.25, 0.3) is 0 Å². The molecule has 1 fully saturated rings. The van der Waals surface area contributed by atoms with Crippen LogP contribution in [-0.4, -0.2) is 17.9 Å². The molecule has 2 amide bonds. The average molecular weight is 261 g/mol. The SMILES string of the molecule is NC(=O)Cc1ccccc1NC(=O)CC(N)C1CC1. The highest BCUT2D eigenvalue weighted by molar-refractivity contribution is 5.92. The largest absolute Gasteiger partial charge is 0.369 e. The number of anilines is 1. The summed E-state index contributed by atoms with van der Waals surface area (Å²) in [5.74, 6) is -0.0423. The molecule has 0 heterocycles. The van der Waals surface area contributed by atoms with Crippen molar-refractivity contribution in [2.45, 2.75) is 31.7 Å². The van der Waals surface area contributed by atoms with Crippen LogP contribution >= 0.6 is 0 Å². The Morgan fingerprint density at radius 1 is 1.32 bits per heavy atom. The third-order valence-electron chi connectivity index (χ3n) is 3.30. The summed E-state index contributed by atoms with van der Waals surface area (Å²) in [6, 6.07) is 7.09. The maximum atomic E-state index is 11.9. The lowest BCUT2D eigenvalue weighted by molar-refractivity contribution is -0.118. The summed E-state index contributed by atoms with van der Waals surface area (Å²) in [5.41, 5.74) is 12.5. The lowest BCUT2D eigenvalue weighted by Gasteiger charge is -2.13. The van der Waals surface area contributed by atoms with Crippen LogP contribution in [0.3, 0.4) is 0 Å². The molecular formula is C14H19N3O2. The van der Waals surface area contributed by atoms with Gasteiger partial charge < -0.3 is 16.8 Å². The molecule has 0 radical (unpaired) electrons. The molecule has 1 aromatic rings. The summed E-state index contributed by atoms with van der Waals surface area (Å²) in [6.45, 7) is 0. The van der Waals surface area contributed by atoms with Crippen LogP contribution in [0.5, 0.6) is 0 Å². The molecule has 1 aromatic carbocycles. The van der Waals surface area contributed by atoms with Gasteiger partial charge in [-0.2, -0.15) is 0 Å². The van der Waals surface area contributed by atoms with Gasteiger partial charge in [0.15, 0.2) is 0 Å². The first-order valence-corrected chi connectivity index (χ1v) is 6.48. The Hall–Kier alpha value is -1.88. The van der Waals surface area contributed by atoms with Gasteiger partial charge in [0.05, 0.1) is 6.42 Å². The number of hydrogen-bond donors (Lipinski definition) is 3. The van der Waals surface area contributed by atoms with Crippen molar-refractivity contribution in [3.05, 3.63) is 29.8 Å². The standard InChI is InChI=1S/C14H19N3O2/c15-11(9-5-6-9)8-14(19)17-12-4-2-1-3-10(12)7-13(16)18/h1-4,9,11H,5-8,15H2,(H2,16,18)(H,17,19). The minimum absolute atomic E-state index is 0.0664. The third kappa shape index (κ3) is 4.06. The van der Waals surface area contributed by atoms with Crippen molar-refractivity contribution in [3.63, 3.8) is 0 Å². The molecule has 102 valence electrons. The topological polar surface area (TPSA) is 98.2 Å². The van der Waals surface area contributed by atoms with E-state index in [1.165, 1.54) is 0 Å². The molecule has 1 saturated carbocycles. The van der Waals surface area contributed by atoms with E-state index >= 15 is 0 Å². The van der Waals surface area contributed by atoms with E-state index in [1.807, 2.05) is 6.07 Å². The first-order valence-electron chi connectivity index (χ1n) is 6.48. The van der Waals surface area contributed by atoms with Gasteiger partial charge in [-0.25, -0.2) is 0 Å². The van der Waals surface area contributed by atoms with E-state index in [4.69, 9.17) is 11.5 Å². The second kappa shape index (κ2) is 5.84. The van der Waals surface area contributed by atoms with Gasteiger partial charge >= 0.3 is 0 Å². The van der Waals surface area contributed by atoms with Crippen LogP contribution in [0.2, 0.25) is 0 Å². The van der Waals surface area contributed by atoms with Gasteiger partial charge in [-0.15, -0.1) is 0 Å². The summed E-state index contributed by atoms with van der Waals surface area (Å²) in [4.78, 5) is 22.9. The highest BCUT2D eigenvalue weighted by Gasteiger charge is 2.29. The van der Waals surface area contributed by atoms with Crippen LogP contribution in [0, 0.1) is 5.92 Å². The molecule has 19 heavy (non-hydrogen) atoms. The summed E-state index contributed by atoms with van der Waals surface area (Å²) in [6.07, 6.45) is 2.67. The van der Waals surface area contributed by atoms with Crippen molar-refractivity contribution in [2.75, 3.05) is 5.32 Å². The second-order valence-electron chi connectivity index (χ2n) is 5.05. The molecule has 0 aromatic heterocycles. The number of para-hydroxylation sites is 1. The molecule has 0 spiro atoms. The molecule has 2 rings (SSSR count). The number of amides is 2. The zero-order valence-corrected chi connectivity index (χ0v) is 10.8. The quantitative estimate of drug-likeness (QED) is 0.705. The van der Waals surface area contributed by atoms with E-state index < -0.39 is 5.91 Å². The Balaban J connectivity index is 1.97. The summed E-state index contributed by atoms with van der Waals surface area (Å²) in [7, 11) is 0. The number of carbonyl (C=O) groups is 2. The number of hydrogen-bond acceptors (Lipinski definition) is 3. The average Bonchev–Trinajstić information content (AvgIpc) is 3.14. The zero-order valence-electron chi connectivity index (χ0n) is 10.8. The van der Waals surface area contributed by atoms with E-state index in [2.05, 4.69) is 5.32 Å². The fourth-order valence-corrected chi connectivity index (χ4v) is 2.09. The Labute approximate surface area is 112 Å². The van der Waals surface area contributed by atoms with Gasteiger partial charge in [-0.1, -0.05) is 18.2 Å². The summed E-state index contributed by atoms with van der Waals surface area (Å²) >= 11 is 0. The lowest BCUT2D eigenvalue weighted by atomic mass is 10.1. The molecule has 0 saturated heterocycles. The monoisotopic (exact) mass is 261 g/mol. The Bertz CT molecular complexity index is 483. The molecule has 1 atom stereocenters. The van der Waals surface area contributed by atoms with E-state index in [0.717, 1.165) is 18.4 Å². The molecule has 0 bridgehead atoms. The van der Waals surface area contributed by atoms with Gasteiger partial charge in [0.1, 0.15) is 0 Å². The second-order valence-corrected chi connectivity index (χ2v) is 5.05. The summed E-state index contributed by atoms with van der Waals surface area (Å²) < 4.78 is 0. The molecule has 1 aliphatic carbocycles. The van der Waals surface area contributed by atoms with Crippen molar-refractivity contribution in [1.82, 2.24) is 0 Å². The number of carbonyl (C=O) groups excluding carboxylic acids is 2. The fourth-order valence-electron chi connectivity index (χ4n) is 2.09. The molecule has 5 nitrogen and oxygen atoms in total. The van der Waals surface area contributed by atoms with E-state index in [-0.39, 0.29) is 18.4 Å². The number of benzene rings is 1. The Morgan fingerprint density at radius 3 is 2.63 bits per heavy atom. The van der Waals surface area contributed by atoms with Crippen LogP contribution in [0.25, 0.3) is 0 Å². The predicted molar refractivity (Wildman–Crippen MR) is 73.3 cm³/mol. The third-order valence-corrected chi connectivity index (χ3v) is 3.30. The van der Waals surface area contributed by atoms with Crippen molar-refractivity contribution >= 4 is 17.5 Å². The number of nitrogens with two attached hydrogens (primary N) is 2. The molecule has 0 aliphatic heterocycles. The normalized spacial score (nSPS) is 15.8. The van der Waals surface area contributed by atoms with E-state index in [0.29, 0.717) is 18.0 Å². The molecule has 5 heteroatoms. The lowest BCUT2D eigenvalue weighted by Crippen LogP contribution is -2.29. The minimum atomic E-state index is -0.420. The van der Waals surface area contributed by atoms with Gasteiger partial charge in [0.2, 0.25) is 11.8 Å². The van der Waals surface area contributed by atoms with Crippen LogP contribution in [0.15, 0.2) is 24.3 Å². The van der Waals surface area contributed by atoms with Crippen molar-refractivity contribution < 1.29 is 9.59 Å². The smallest absolute Gasteiger partial charge is 0.225 e. The predicted octanol–water partition coefficient (Wildman–Crippen LogP) is 0.780. The van der Waals surface area contributed by atoms with Crippen molar-refractivity contribution in [2.24, 2.45) is 17.4 Å². The van der Waals surface area contributed by atoms with E-state index in [1.54, 1.807) is 18.2 Å². The molecular weight excluding hydrogens is 242 g/mol. The van der Waals surface area contributed by atoms with Crippen molar-refractivity contribution in [1.29, 1.82) is 0 Å². The van der Waals surface area contributed by atoms with Crippen LogP contribution in [-0.2, 0) is 16.0 Å². The number of rotatable bonds is 6.